The normalized spacial score (nSPS) is 10.0. The minimum absolute atomic E-state index is 0.0662. The Morgan fingerprint density at radius 3 is 3.00 bits per heavy atom. The number of carbonyl (C=O) groups excluding carboxylic acids is 1. The van der Waals surface area contributed by atoms with Crippen LogP contribution < -0.4 is 10.2 Å². The Morgan fingerprint density at radius 1 is 1.85 bits per heavy atom. The molecule has 2 N–H and O–H groups in total. The molecule has 72 valence electrons. The molecule has 0 unspecified atom stereocenters. The molecular weight excluding hydrogens is 178 g/mol. The second-order valence-electron chi connectivity index (χ2n) is 2.34. The zero-order chi connectivity index (χ0) is 9.84. The Hall–Kier alpha value is -1.63. The van der Waals surface area contributed by atoms with Crippen molar-refractivity contribution in [1.29, 1.82) is 0 Å². The van der Waals surface area contributed by atoms with Crippen LogP contribution in [0.15, 0.2) is 4.63 Å². The number of aliphatic hydroxyl groups is 1. The fourth-order valence-electron chi connectivity index (χ4n) is 0.751. The lowest BCUT2D eigenvalue weighted by molar-refractivity contribution is -0.806. The fourth-order valence-corrected chi connectivity index (χ4v) is 0.751. The molecule has 0 fully saturated rings. The monoisotopic (exact) mass is 187 g/mol. The fraction of sp³-hybridized carbons (Fsp3) is 0.500. The Kier molecular flexibility index (Phi) is 2.80. The lowest BCUT2D eigenvalue weighted by Crippen LogP contribution is -2.30. The molecule has 0 aliphatic rings. The first-order valence-electron chi connectivity index (χ1n) is 3.62. The largest absolute Gasteiger partial charge is 0.395 e. The lowest BCUT2D eigenvalue weighted by atomic mass is 10.3. The summed E-state index contributed by atoms with van der Waals surface area (Å²) >= 11 is 0. The molecule has 0 aliphatic heterocycles. The Labute approximate surface area is 73.5 Å². The first-order valence-corrected chi connectivity index (χ1v) is 3.62. The second-order valence-corrected chi connectivity index (χ2v) is 2.34. The van der Waals surface area contributed by atoms with Crippen molar-refractivity contribution in [3.63, 3.8) is 0 Å². The highest BCUT2D eigenvalue weighted by atomic mass is 16.8. The standard InChI is InChI=1S/C6H9N3O4/c1-4-5(8-13-9(4)12)6(11)7-2-3-10/h10H,2-3H2,1H3,(H,7,11). The SMILES string of the molecule is Cc1c(C(=O)NCCO)no[n+]1[O-]. The molecule has 0 saturated carbocycles. The van der Waals surface area contributed by atoms with Crippen molar-refractivity contribution >= 4 is 5.91 Å². The maximum absolute atomic E-state index is 11.1. The molecule has 0 atom stereocenters. The molecule has 0 spiro atoms. The number of aliphatic hydroxyl groups excluding tert-OH is 1. The van der Waals surface area contributed by atoms with Gasteiger partial charge in [-0.3, -0.25) is 9.42 Å². The molecule has 1 aromatic heterocycles. The van der Waals surface area contributed by atoms with Crippen LogP contribution in [-0.4, -0.2) is 29.3 Å². The van der Waals surface area contributed by atoms with Crippen LogP contribution >= 0.6 is 0 Å². The summed E-state index contributed by atoms with van der Waals surface area (Å²) in [6.45, 7) is 1.36. The smallest absolute Gasteiger partial charge is 0.308 e. The van der Waals surface area contributed by atoms with Gasteiger partial charge in [0.25, 0.3) is 0 Å². The summed E-state index contributed by atoms with van der Waals surface area (Å²) in [6, 6.07) is 0. The Bertz CT molecular complexity index is 309. The molecule has 1 heterocycles. The van der Waals surface area contributed by atoms with E-state index in [9.17, 15) is 10.0 Å². The van der Waals surface area contributed by atoms with E-state index < -0.39 is 5.91 Å². The predicted molar refractivity (Wildman–Crippen MR) is 39.6 cm³/mol. The summed E-state index contributed by atoms with van der Waals surface area (Å²) in [7, 11) is 0. The van der Waals surface area contributed by atoms with Gasteiger partial charge in [-0.2, -0.15) is 0 Å². The number of carbonyl (C=O) groups is 1. The molecule has 7 heteroatoms. The van der Waals surface area contributed by atoms with Crippen molar-refractivity contribution in [2.24, 2.45) is 0 Å². The first-order chi connectivity index (χ1) is 6.16. The molecule has 1 aromatic rings. The number of amides is 1. The molecule has 1 rings (SSSR count). The van der Waals surface area contributed by atoms with Gasteiger partial charge in [0.05, 0.1) is 11.8 Å². The molecule has 7 nitrogen and oxygen atoms in total. The van der Waals surface area contributed by atoms with Crippen molar-refractivity contribution in [3.8, 4) is 0 Å². The van der Waals surface area contributed by atoms with Gasteiger partial charge < -0.3 is 15.6 Å². The number of nitrogens with zero attached hydrogens (tertiary/aromatic N) is 2. The van der Waals surface area contributed by atoms with Gasteiger partial charge in [0.2, 0.25) is 5.69 Å². The maximum Gasteiger partial charge on any atom is 0.308 e. The minimum atomic E-state index is -0.537. The maximum atomic E-state index is 11.1. The van der Waals surface area contributed by atoms with E-state index in [1.807, 2.05) is 0 Å². The molecule has 13 heavy (non-hydrogen) atoms. The number of nitrogens with one attached hydrogen (secondary N) is 1. The average Bonchev–Trinajstić information content (AvgIpc) is 2.44. The molecule has 0 radical (unpaired) electrons. The Balaban J connectivity index is 2.71. The van der Waals surface area contributed by atoms with Crippen LogP contribution in [0.25, 0.3) is 0 Å². The van der Waals surface area contributed by atoms with E-state index in [4.69, 9.17) is 5.11 Å². The quantitative estimate of drug-likeness (QED) is 0.551. The van der Waals surface area contributed by atoms with Gasteiger partial charge in [0.1, 0.15) is 0 Å². The van der Waals surface area contributed by atoms with Crippen LogP contribution in [0.3, 0.4) is 0 Å². The van der Waals surface area contributed by atoms with Gasteiger partial charge in [-0.25, -0.2) is 0 Å². The zero-order valence-corrected chi connectivity index (χ0v) is 6.98. The van der Waals surface area contributed by atoms with Crippen LogP contribution in [0, 0.1) is 12.1 Å². The lowest BCUT2D eigenvalue weighted by Gasteiger charge is -1.95. The van der Waals surface area contributed by atoms with E-state index in [1.54, 1.807) is 0 Å². The average molecular weight is 187 g/mol. The van der Waals surface area contributed by atoms with Gasteiger partial charge in [-0.05, 0) is 4.90 Å². The van der Waals surface area contributed by atoms with Gasteiger partial charge in [0, 0.05) is 13.5 Å². The van der Waals surface area contributed by atoms with Crippen molar-refractivity contribution in [2.45, 2.75) is 6.92 Å². The van der Waals surface area contributed by atoms with Crippen LogP contribution in [0.4, 0.5) is 0 Å². The zero-order valence-electron chi connectivity index (χ0n) is 6.98. The number of rotatable bonds is 3. The van der Waals surface area contributed by atoms with Crippen molar-refractivity contribution in [1.82, 2.24) is 10.5 Å². The molecule has 0 aliphatic carbocycles. The number of aromatic nitrogens is 2. The summed E-state index contributed by atoms with van der Waals surface area (Å²) in [5, 5.41) is 24.7. The predicted octanol–water partition coefficient (Wildman–Crippen LogP) is -1.66. The van der Waals surface area contributed by atoms with E-state index in [-0.39, 0.29) is 29.4 Å². The Morgan fingerprint density at radius 2 is 2.54 bits per heavy atom. The van der Waals surface area contributed by atoms with E-state index in [2.05, 4.69) is 15.1 Å². The van der Waals surface area contributed by atoms with Crippen LogP contribution in [-0.2, 0) is 0 Å². The van der Waals surface area contributed by atoms with Crippen molar-refractivity contribution in [3.05, 3.63) is 16.6 Å². The third-order valence-corrected chi connectivity index (χ3v) is 1.44. The van der Waals surface area contributed by atoms with E-state index in [1.165, 1.54) is 6.92 Å². The second kappa shape index (κ2) is 3.85. The highest BCUT2D eigenvalue weighted by Gasteiger charge is 2.21. The number of hydrogen-bond donors (Lipinski definition) is 2. The van der Waals surface area contributed by atoms with E-state index in [0.29, 0.717) is 0 Å². The highest BCUT2D eigenvalue weighted by Crippen LogP contribution is 1.97. The van der Waals surface area contributed by atoms with Gasteiger partial charge >= 0.3 is 11.6 Å². The van der Waals surface area contributed by atoms with Crippen LogP contribution in [0.5, 0.6) is 0 Å². The third kappa shape index (κ3) is 1.94. The van der Waals surface area contributed by atoms with E-state index in [0.717, 1.165) is 0 Å². The van der Waals surface area contributed by atoms with Gasteiger partial charge in [-0.1, -0.05) is 0 Å². The molecule has 0 bridgehead atoms. The summed E-state index contributed by atoms with van der Waals surface area (Å²) < 4.78 is 4.18. The first kappa shape index (κ1) is 9.46. The number of hydrogen-bond acceptors (Lipinski definition) is 5. The molecule has 0 saturated heterocycles. The van der Waals surface area contributed by atoms with Crippen molar-refractivity contribution in [2.75, 3.05) is 13.2 Å². The molecule has 1 amide bonds. The van der Waals surface area contributed by atoms with Gasteiger partial charge in [0.15, 0.2) is 0 Å². The summed E-state index contributed by atoms with van der Waals surface area (Å²) in [4.78, 5) is 11.3. The molecule has 0 aromatic carbocycles. The minimum Gasteiger partial charge on any atom is -0.395 e. The topological polar surface area (TPSA) is 102 Å². The highest BCUT2D eigenvalue weighted by molar-refractivity contribution is 5.92. The molecular formula is C6H9N3O4. The summed E-state index contributed by atoms with van der Waals surface area (Å²) in [6.07, 6.45) is 0. The third-order valence-electron chi connectivity index (χ3n) is 1.44. The summed E-state index contributed by atoms with van der Waals surface area (Å²) in [5.41, 5.74) is 0.0267. The summed E-state index contributed by atoms with van der Waals surface area (Å²) in [5.74, 6) is -0.537. The van der Waals surface area contributed by atoms with Crippen LogP contribution in [0.1, 0.15) is 16.2 Å². The van der Waals surface area contributed by atoms with E-state index >= 15 is 0 Å². The van der Waals surface area contributed by atoms with Crippen LogP contribution in [0.2, 0.25) is 0 Å². The van der Waals surface area contributed by atoms with Gasteiger partial charge in [-0.15, -0.1) is 0 Å². The van der Waals surface area contributed by atoms with Crippen molar-refractivity contribution < 1.29 is 19.4 Å².